The van der Waals surface area contributed by atoms with Gasteiger partial charge in [-0.05, 0) is 24.3 Å². The van der Waals surface area contributed by atoms with Gasteiger partial charge in [-0.3, -0.25) is 0 Å². The van der Waals surface area contributed by atoms with Gasteiger partial charge in [-0.25, -0.2) is 0 Å². The second kappa shape index (κ2) is 4.62. The molecule has 3 fully saturated rings. The van der Waals surface area contributed by atoms with Crippen LogP contribution in [0, 0.1) is 0 Å². The van der Waals surface area contributed by atoms with Gasteiger partial charge in [-0.15, -0.1) is 0 Å². The first kappa shape index (κ1) is 12.4. The zero-order valence-corrected chi connectivity index (χ0v) is 11.6. The van der Waals surface area contributed by atoms with Crippen LogP contribution in [0.4, 0.5) is 5.69 Å². The van der Waals surface area contributed by atoms with E-state index in [0.29, 0.717) is 18.8 Å². The van der Waals surface area contributed by atoms with Crippen LogP contribution in [0.15, 0.2) is 24.3 Å². The van der Waals surface area contributed by atoms with Gasteiger partial charge in [0.25, 0.3) is 0 Å². The van der Waals surface area contributed by atoms with Gasteiger partial charge in [0.1, 0.15) is 18.5 Å². The number of hydrogen-bond donors (Lipinski definition) is 0. The number of likely N-dealkylation sites (N-methyl/N-ethyl adjacent to an activating group) is 1. The highest BCUT2D eigenvalue weighted by atomic mass is 16.6. The summed E-state index contributed by atoms with van der Waals surface area (Å²) >= 11 is 0. The van der Waals surface area contributed by atoms with Crippen molar-refractivity contribution in [2.75, 3.05) is 38.4 Å². The molecule has 0 N–H and O–H groups in total. The van der Waals surface area contributed by atoms with Crippen LogP contribution in [-0.2, 0) is 14.2 Å². The number of ether oxygens (including phenoxy) is 4. The largest absolute Gasteiger partial charge is 0.491 e. The van der Waals surface area contributed by atoms with Crippen LogP contribution in [0.25, 0.3) is 0 Å². The van der Waals surface area contributed by atoms with Gasteiger partial charge in [-0.2, -0.15) is 0 Å². The van der Waals surface area contributed by atoms with Gasteiger partial charge in [0.05, 0.1) is 25.9 Å². The van der Waals surface area contributed by atoms with Crippen LogP contribution in [0.3, 0.4) is 0 Å². The lowest BCUT2D eigenvalue weighted by Crippen LogP contribution is -2.36. The van der Waals surface area contributed by atoms with Crippen LogP contribution in [0.2, 0.25) is 0 Å². The minimum absolute atomic E-state index is 0.161. The monoisotopic (exact) mass is 277 g/mol. The van der Waals surface area contributed by atoms with E-state index in [-0.39, 0.29) is 5.72 Å². The summed E-state index contributed by atoms with van der Waals surface area (Å²) in [6.07, 6.45) is 1.61. The smallest absolute Gasteiger partial charge is 0.167 e. The highest BCUT2D eigenvalue weighted by Crippen LogP contribution is 2.41. The number of nitrogens with zero attached hydrogens (tertiary/aromatic N) is 1. The van der Waals surface area contributed by atoms with E-state index in [9.17, 15) is 0 Å². The van der Waals surface area contributed by atoms with Crippen LogP contribution < -0.4 is 9.64 Å². The molecule has 3 saturated heterocycles. The average Bonchev–Trinajstić information content (AvgIpc) is 3.34. The van der Waals surface area contributed by atoms with E-state index in [4.69, 9.17) is 18.9 Å². The molecule has 1 aromatic carbocycles. The SMILES string of the molecule is CN(c1ccc(OCC2CO2)cc1)C1(CC2CO2)CO1. The molecule has 0 radical (unpaired) electrons. The summed E-state index contributed by atoms with van der Waals surface area (Å²) in [6, 6.07) is 8.14. The molecule has 5 nitrogen and oxygen atoms in total. The zero-order chi connectivity index (χ0) is 13.6. The summed E-state index contributed by atoms with van der Waals surface area (Å²) in [7, 11) is 2.07. The summed E-state index contributed by atoms with van der Waals surface area (Å²) in [5.74, 6) is 0.883. The minimum atomic E-state index is -0.161. The highest BCUT2D eigenvalue weighted by Gasteiger charge is 2.52. The van der Waals surface area contributed by atoms with Gasteiger partial charge in [0.2, 0.25) is 0 Å². The first-order chi connectivity index (χ1) is 9.75. The van der Waals surface area contributed by atoms with Crippen LogP contribution in [0.1, 0.15) is 6.42 Å². The first-order valence-corrected chi connectivity index (χ1v) is 7.09. The molecule has 1 aromatic rings. The molecule has 0 aliphatic carbocycles. The molecule has 3 aliphatic rings. The van der Waals surface area contributed by atoms with Gasteiger partial charge in [-0.1, -0.05) is 0 Å². The van der Waals surface area contributed by atoms with Crippen molar-refractivity contribution in [2.24, 2.45) is 0 Å². The van der Waals surface area contributed by atoms with Crippen LogP contribution in [0.5, 0.6) is 5.75 Å². The standard InChI is InChI=1S/C15H19NO4/c1-16(15(10-20-15)6-13-7-18-13)11-2-4-12(5-3-11)17-8-14-9-19-14/h2-5,13-14H,6-10H2,1H3. The maximum Gasteiger partial charge on any atom is 0.167 e. The molecule has 3 unspecified atom stereocenters. The molecule has 108 valence electrons. The van der Waals surface area contributed by atoms with E-state index in [1.165, 1.54) is 0 Å². The Morgan fingerprint density at radius 3 is 2.40 bits per heavy atom. The van der Waals surface area contributed by atoms with Crippen molar-refractivity contribution in [1.29, 1.82) is 0 Å². The lowest BCUT2D eigenvalue weighted by molar-refractivity contribution is 0.257. The summed E-state index contributed by atoms with van der Waals surface area (Å²) in [5.41, 5.74) is 0.976. The predicted molar refractivity (Wildman–Crippen MR) is 73.1 cm³/mol. The molecule has 5 heteroatoms. The molecular weight excluding hydrogens is 258 g/mol. The summed E-state index contributed by atoms with van der Waals surface area (Å²) in [6.45, 7) is 3.11. The van der Waals surface area contributed by atoms with E-state index in [1.807, 2.05) is 12.1 Å². The molecule has 4 rings (SSSR count). The molecule has 20 heavy (non-hydrogen) atoms. The summed E-state index contributed by atoms with van der Waals surface area (Å²) in [5, 5.41) is 0. The van der Waals surface area contributed by atoms with Crippen molar-refractivity contribution in [1.82, 2.24) is 0 Å². The van der Waals surface area contributed by atoms with Gasteiger partial charge in [0.15, 0.2) is 5.72 Å². The molecule has 0 aromatic heterocycles. The maximum atomic E-state index is 5.68. The molecular formula is C15H19NO4. The normalized spacial score (nSPS) is 33.6. The highest BCUT2D eigenvalue weighted by molar-refractivity contribution is 5.51. The number of anilines is 1. The van der Waals surface area contributed by atoms with E-state index >= 15 is 0 Å². The van der Waals surface area contributed by atoms with E-state index in [0.717, 1.165) is 37.7 Å². The Balaban J connectivity index is 1.39. The Bertz CT molecular complexity index is 477. The predicted octanol–water partition coefficient (Wildman–Crippen LogP) is 1.42. The van der Waals surface area contributed by atoms with Gasteiger partial charge >= 0.3 is 0 Å². The van der Waals surface area contributed by atoms with Crippen molar-refractivity contribution in [3.05, 3.63) is 24.3 Å². The summed E-state index contributed by atoms with van der Waals surface area (Å²) in [4.78, 5) is 2.20. The van der Waals surface area contributed by atoms with Crippen molar-refractivity contribution in [3.63, 3.8) is 0 Å². The number of hydrogen-bond acceptors (Lipinski definition) is 5. The van der Waals surface area contributed by atoms with Crippen molar-refractivity contribution in [3.8, 4) is 5.75 Å². The Labute approximate surface area is 118 Å². The second-order valence-electron chi connectivity index (χ2n) is 5.71. The van der Waals surface area contributed by atoms with Gasteiger partial charge in [0, 0.05) is 19.2 Å². The molecule has 3 atom stereocenters. The fourth-order valence-corrected chi connectivity index (χ4v) is 2.43. The second-order valence-corrected chi connectivity index (χ2v) is 5.71. The fourth-order valence-electron chi connectivity index (χ4n) is 2.43. The molecule has 0 spiro atoms. The van der Waals surface area contributed by atoms with Gasteiger partial charge < -0.3 is 23.8 Å². The third-order valence-electron chi connectivity index (χ3n) is 4.10. The lowest BCUT2D eigenvalue weighted by atomic mass is 10.1. The maximum absolute atomic E-state index is 5.68. The van der Waals surface area contributed by atoms with E-state index in [2.05, 4.69) is 24.1 Å². The van der Waals surface area contributed by atoms with Crippen LogP contribution in [-0.4, -0.2) is 51.4 Å². The summed E-state index contributed by atoms with van der Waals surface area (Å²) < 4.78 is 21.8. The first-order valence-electron chi connectivity index (χ1n) is 7.09. The molecule has 3 aliphatic heterocycles. The lowest BCUT2D eigenvalue weighted by Gasteiger charge is -2.26. The fraction of sp³-hybridized carbons (Fsp3) is 0.600. The molecule has 0 amide bonds. The number of benzene rings is 1. The molecule has 0 bridgehead atoms. The quantitative estimate of drug-likeness (QED) is 0.705. The third-order valence-corrected chi connectivity index (χ3v) is 4.10. The topological polar surface area (TPSA) is 50.1 Å². The van der Waals surface area contributed by atoms with Crippen molar-refractivity contribution >= 4 is 5.69 Å². The number of epoxide rings is 3. The Kier molecular flexibility index (Phi) is 2.87. The van der Waals surface area contributed by atoms with Crippen molar-refractivity contribution in [2.45, 2.75) is 24.4 Å². The molecule has 0 saturated carbocycles. The number of rotatable bonds is 7. The Morgan fingerprint density at radius 1 is 1.20 bits per heavy atom. The molecule has 3 heterocycles. The van der Waals surface area contributed by atoms with E-state index in [1.54, 1.807) is 0 Å². The minimum Gasteiger partial charge on any atom is -0.491 e. The van der Waals surface area contributed by atoms with Crippen molar-refractivity contribution < 1.29 is 18.9 Å². The average molecular weight is 277 g/mol. The van der Waals surface area contributed by atoms with E-state index < -0.39 is 0 Å². The van der Waals surface area contributed by atoms with Crippen LogP contribution >= 0.6 is 0 Å². The zero-order valence-electron chi connectivity index (χ0n) is 11.6. The Hall–Kier alpha value is -1.30. The third kappa shape index (κ3) is 2.61. The Morgan fingerprint density at radius 2 is 1.85 bits per heavy atom.